The average Bonchev–Trinajstić information content (AvgIpc) is 3.16. The molecule has 4 rings (SSSR count). The fraction of sp³-hybridized carbons (Fsp3) is 0.381. The summed E-state index contributed by atoms with van der Waals surface area (Å²) in [5.41, 5.74) is -2.03. The molecule has 0 saturated heterocycles. The van der Waals surface area contributed by atoms with Crippen molar-refractivity contribution in [1.82, 2.24) is 14.8 Å². The van der Waals surface area contributed by atoms with E-state index in [-0.39, 0.29) is 11.7 Å². The van der Waals surface area contributed by atoms with Gasteiger partial charge in [0, 0.05) is 17.1 Å². The van der Waals surface area contributed by atoms with Gasteiger partial charge in [-0.2, -0.15) is 18.3 Å². The number of hydrogen-bond donors (Lipinski definition) is 1. The molecule has 5 nitrogen and oxygen atoms in total. The minimum Gasteiger partial charge on any atom is -0.320 e. The molecule has 1 N–H and O–H groups in total. The molecule has 0 spiro atoms. The predicted molar refractivity (Wildman–Crippen MR) is 104 cm³/mol. The minimum absolute atomic E-state index is 0.185. The van der Waals surface area contributed by atoms with E-state index >= 15 is 0 Å². The van der Waals surface area contributed by atoms with E-state index in [4.69, 9.17) is 0 Å². The number of carbonyl (C=O) groups excluding carboxylic acids is 1. The van der Waals surface area contributed by atoms with Crippen LogP contribution < -0.4 is 5.32 Å². The average molecular weight is 438 g/mol. The number of hydrogen-bond acceptors (Lipinski definition) is 3. The fourth-order valence-electron chi connectivity index (χ4n) is 3.83. The van der Waals surface area contributed by atoms with E-state index in [9.17, 15) is 26.7 Å². The van der Waals surface area contributed by atoms with Crippen molar-refractivity contribution in [1.29, 1.82) is 0 Å². The SMILES string of the molecule is O=C(Nc1cc2cn(C3CCCCC3)nc2cc1C(F)F)c1cccc(C(F)(F)F)n1. The fourth-order valence-corrected chi connectivity index (χ4v) is 3.83. The zero-order chi connectivity index (χ0) is 22.2. The van der Waals surface area contributed by atoms with E-state index in [1.54, 1.807) is 10.9 Å². The third-order valence-corrected chi connectivity index (χ3v) is 5.40. The molecule has 1 amide bonds. The quantitative estimate of drug-likeness (QED) is 0.498. The van der Waals surface area contributed by atoms with Gasteiger partial charge in [-0.15, -0.1) is 0 Å². The van der Waals surface area contributed by atoms with E-state index in [1.807, 2.05) is 0 Å². The van der Waals surface area contributed by atoms with Gasteiger partial charge in [0.15, 0.2) is 0 Å². The van der Waals surface area contributed by atoms with Crippen LogP contribution in [0.4, 0.5) is 27.6 Å². The van der Waals surface area contributed by atoms with Crippen LogP contribution in [0.1, 0.15) is 66.3 Å². The van der Waals surface area contributed by atoms with E-state index in [0.29, 0.717) is 10.9 Å². The Labute approximate surface area is 174 Å². The number of anilines is 1. The van der Waals surface area contributed by atoms with Crippen molar-refractivity contribution < 1.29 is 26.7 Å². The van der Waals surface area contributed by atoms with Gasteiger partial charge in [-0.05, 0) is 37.1 Å². The number of fused-ring (bicyclic) bond motifs is 1. The Morgan fingerprint density at radius 2 is 1.87 bits per heavy atom. The van der Waals surface area contributed by atoms with Crippen LogP contribution in [0.3, 0.4) is 0 Å². The summed E-state index contributed by atoms with van der Waals surface area (Å²) in [5, 5.41) is 7.27. The van der Waals surface area contributed by atoms with Crippen LogP contribution >= 0.6 is 0 Å². The highest BCUT2D eigenvalue weighted by atomic mass is 19.4. The number of nitrogens with one attached hydrogen (secondary N) is 1. The standard InChI is InChI=1S/C21H19F5N4O/c22-19(23)14-10-16-12(11-30(29-16)13-5-2-1-3-6-13)9-17(14)28-20(31)15-7-4-8-18(27-15)21(24,25)26/h4,7-11,13,19H,1-3,5-6H2,(H,28,31). The number of halogens is 5. The Kier molecular flexibility index (Phi) is 5.63. The summed E-state index contributed by atoms with van der Waals surface area (Å²) >= 11 is 0. The number of benzene rings is 1. The second kappa shape index (κ2) is 8.24. The van der Waals surface area contributed by atoms with Gasteiger partial charge in [0.2, 0.25) is 0 Å². The van der Waals surface area contributed by atoms with Crippen molar-refractivity contribution in [3.63, 3.8) is 0 Å². The van der Waals surface area contributed by atoms with Gasteiger partial charge in [-0.3, -0.25) is 9.48 Å². The lowest BCUT2D eigenvalue weighted by atomic mass is 9.96. The van der Waals surface area contributed by atoms with Crippen LogP contribution in [0.15, 0.2) is 36.5 Å². The van der Waals surface area contributed by atoms with Crippen molar-refractivity contribution in [2.45, 2.75) is 50.7 Å². The van der Waals surface area contributed by atoms with Crippen molar-refractivity contribution in [2.24, 2.45) is 0 Å². The van der Waals surface area contributed by atoms with Gasteiger partial charge in [0.05, 0.1) is 17.2 Å². The molecule has 1 fully saturated rings. The van der Waals surface area contributed by atoms with Crippen molar-refractivity contribution in [3.05, 3.63) is 53.5 Å². The summed E-state index contributed by atoms with van der Waals surface area (Å²) in [6, 6.07) is 5.63. The highest BCUT2D eigenvalue weighted by Gasteiger charge is 2.33. The summed E-state index contributed by atoms with van der Waals surface area (Å²) in [4.78, 5) is 15.8. The number of aromatic nitrogens is 3. The molecule has 1 saturated carbocycles. The molecule has 2 heterocycles. The van der Waals surface area contributed by atoms with Gasteiger partial charge >= 0.3 is 6.18 Å². The van der Waals surface area contributed by atoms with Gasteiger partial charge in [0.25, 0.3) is 12.3 Å². The lowest BCUT2D eigenvalue weighted by Gasteiger charge is -2.21. The summed E-state index contributed by atoms with van der Waals surface area (Å²) in [6.45, 7) is 0. The second-order valence-electron chi connectivity index (χ2n) is 7.56. The smallest absolute Gasteiger partial charge is 0.320 e. The van der Waals surface area contributed by atoms with Crippen molar-refractivity contribution in [3.8, 4) is 0 Å². The first-order chi connectivity index (χ1) is 14.7. The van der Waals surface area contributed by atoms with Gasteiger partial charge < -0.3 is 5.32 Å². The normalized spacial score (nSPS) is 15.5. The first-order valence-electron chi connectivity index (χ1n) is 9.89. The molecule has 10 heteroatoms. The van der Waals surface area contributed by atoms with Gasteiger partial charge in [-0.1, -0.05) is 25.3 Å². The van der Waals surface area contributed by atoms with Crippen molar-refractivity contribution >= 4 is 22.5 Å². The Bertz CT molecular complexity index is 1100. The zero-order valence-corrected chi connectivity index (χ0v) is 16.3. The van der Waals surface area contributed by atoms with Crippen LogP contribution in [0, 0.1) is 0 Å². The van der Waals surface area contributed by atoms with Crippen molar-refractivity contribution in [2.75, 3.05) is 5.32 Å². The van der Waals surface area contributed by atoms with E-state index < -0.39 is 35.5 Å². The molecule has 1 aromatic carbocycles. The molecule has 0 bridgehead atoms. The maximum atomic E-state index is 13.6. The number of carbonyl (C=O) groups is 1. The maximum absolute atomic E-state index is 13.6. The Balaban J connectivity index is 1.66. The second-order valence-corrected chi connectivity index (χ2v) is 7.56. The number of alkyl halides is 5. The summed E-state index contributed by atoms with van der Waals surface area (Å²) < 4.78 is 67.6. The molecule has 31 heavy (non-hydrogen) atoms. The number of amides is 1. The summed E-state index contributed by atoms with van der Waals surface area (Å²) in [5.74, 6) is -1.01. The summed E-state index contributed by atoms with van der Waals surface area (Å²) in [7, 11) is 0. The Morgan fingerprint density at radius 1 is 1.13 bits per heavy atom. The maximum Gasteiger partial charge on any atom is 0.433 e. The first-order valence-corrected chi connectivity index (χ1v) is 9.89. The monoisotopic (exact) mass is 438 g/mol. The third kappa shape index (κ3) is 4.52. The van der Waals surface area contributed by atoms with E-state index in [2.05, 4.69) is 15.4 Å². The number of pyridine rings is 1. The molecule has 0 aliphatic heterocycles. The molecule has 0 unspecified atom stereocenters. The molecule has 0 atom stereocenters. The number of nitrogens with zero attached hydrogens (tertiary/aromatic N) is 3. The van der Waals surface area contributed by atoms with Gasteiger partial charge in [0.1, 0.15) is 11.4 Å². The van der Waals surface area contributed by atoms with Crippen LogP contribution in [-0.2, 0) is 6.18 Å². The lowest BCUT2D eigenvalue weighted by Crippen LogP contribution is -2.17. The molecule has 3 aromatic rings. The molecule has 1 aliphatic rings. The van der Waals surface area contributed by atoms with E-state index in [1.165, 1.54) is 12.1 Å². The zero-order valence-electron chi connectivity index (χ0n) is 16.3. The molecular weight excluding hydrogens is 419 g/mol. The number of rotatable bonds is 4. The highest BCUT2D eigenvalue weighted by molar-refractivity contribution is 6.04. The minimum atomic E-state index is -4.73. The topological polar surface area (TPSA) is 59.8 Å². The van der Waals surface area contributed by atoms with Crippen LogP contribution in [-0.4, -0.2) is 20.7 Å². The third-order valence-electron chi connectivity index (χ3n) is 5.40. The largest absolute Gasteiger partial charge is 0.433 e. The predicted octanol–water partition coefficient (Wildman–Crippen LogP) is 6.15. The lowest BCUT2D eigenvalue weighted by molar-refractivity contribution is -0.141. The molecule has 164 valence electrons. The molecule has 2 aromatic heterocycles. The summed E-state index contributed by atoms with van der Waals surface area (Å²) in [6.07, 6.45) is -0.652. The Hall–Kier alpha value is -3.04. The first kappa shape index (κ1) is 21.2. The Morgan fingerprint density at radius 3 is 2.55 bits per heavy atom. The highest BCUT2D eigenvalue weighted by Crippen LogP contribution is 2.34. The van der Waals surface area contributed by atoms with Crippen LogP contribution in [0.5, 0.6) is 0 Å². The van der Waals surface area contributed by atoms with Crippen LogP contribution in [0.2, 0.25) is 0 Å². The molecular formula is C21H19F5N4O. The van der Waals surface area contributed by atoms with E-state index in [0.717, 1.165) is 50.3 Å². The van der Waals surface area contributed by atoms with Crippen LogP contribution in [0.25, 0.3) is 10.9 Å². The molecule has 0 radical (unpaired) electrons. The van der Waals surface area contributed by atoms with Gasteiger partial charge in [-0.25, -0.2) is 13.8 Å². The molecule has 1 aliphatic carbocycles.